The zero-order valence-electron chi connectivity index (χ0n) is 9.88. The Hall–Kier alpha value is -1.02. The van der Waals surface area contributed by atoms with Gasteiger partial charge in [-0.05, 0) is 40.6 Å². The number of hydrogen-bond donors (Lipinski definition) is 1. The van der Waals surface area contributed by atoms with Crippen LogP contribution < -0.4 is 0 Å². The maximum absolute atomic E-state index is 10.7. The summed E-state index contributed by atoms with van der Waals surface area (Å²) in [4.78, 5) is 10.7. The number of halogens is 1. The minimum atomic E-state index is -0.328. The molecule has 0 heterocycles. The molecule has 0 aliphatic heterocycles. The van der Waals surface area contributed by atoms with Gasteiger partial charge in [0.2, 0.25) is 5.24 Å². The van der Waals surface area contributed by atoms with Gasteiger partial charge >= 0.3 is 0 Å². The van der Waals surface area contributed by atoms with Gasteiger partial charge in [0.1, 0.15) is 5.75 Å². The van der Waals surface area contributed by atoms with Crippen molar-refractivity contribution in [3.8, 4) is 5.75 Å². The van der Waals surface area contributed by atoms with Gasteiger partial charge in [0.05, 0.1) is 0 Å². The summed E-state index contributed by atoms with van der Waals surface area (Å²) >= 11 is 5.30. The molecule has 0 atom stereocenters. The third-order valence-electron chi connectivity index (χ3n) is 2.48. The van der Waals surface area contributed by atoms with Gasteiger partial charge in [0.25, 0.3) is 0 Å². The summed E-state index contributed by atoms with van der Waals surface area (Å²) < 4.78 is 0. The van der Waals surface area contributed by atoms with Crippen LogP contribution >= 0.6 is 11.6 Å². The second kappa shape index (κ2) is 4.88. The Kier molecular flexibility index (Phi) is 3.98. The normalized spacial score (nSPS) is 11.5. The number of carbonyl (C=O) groups excluding carboxylic acids is 1. The van der Waals surface area contributed by atoms with Crippen molar-refractivity contribution < 1.29 is 9.90 Å². The van der Waals surface area contributed by atoms with E-state index < -0.39 is 0 Å². The minimum Gasteiger partial charge on any atom is -0.508 e. The molecule has 0 fully saturated rings. The SMILES string of the molecule is CC(C)(C)c1cc(CCC(=O)Cl)ccc1O. The van der Waals surface area contributed by atoms with Gasteiger partial charge in [0, 0.05) is 6.42 Å². The zero-order chi connectivity index (χ0) is 12.3. The molecule has 0 bridgehead atoms. The number of phenols is 1. The van der Waals surface area contributed by atoms with Crippen molar-refractivity contribution >= 4 is 16.8 Å². The summed E-state index contributed by atoms with van der Waals surface area (Å²) in [6.07, 6.45) is 0.946. The van der Waals surface area contributed by atoms with Crippen LogP contribution in [0.2, 0.25) is 0 Å². The van der Waals surface area contributed by atoms with E-state index in [-0.39, 0.29) is 10.7 Å². The molecule has 2 nitrogen and oxygen atoms in total. The lowest BCUT2D eigenvalue weighted by molar-refractivity contribution is -0.111. The maximum atomic E-state index is 10.7. The first-order valence-corrected chi connectivity index (χ1v) is 5.69. The average molecular weight is 241 g/mol. The highest BCUT2D eigenvalue weighted by molar-refractivity contribution is 6.63. The Morgan fingerprint density at radius 2 is 2.00 bits per heavy atom. The number of carbonyl (C=O) groups is 1. The molecule has 0 aliphatic carbocycles. The molecule has 1 N–H and O–H groups in total. The predicted octanol–water partition coefficient (Wildman–Crippen LogP) is 3.39. The largest absolute Gasteiger partial charge is 0.508 e. The number of aryl methyl sites for hydroxylation is 1. The van der Waals surface area contributed by atoms with E-state index in [9.17, 15) is 9.90 Å². The van der Waals surface area contributed by atoms with Crippen LogP contribution in [0.1, 0.15) is 38.3 Å². The van der Waals surface area contributed by atoms with E-state index >= 15 is 0 Å². The molecule has 1 aromatic rings. The summed E-state index contributed by atoms with van der Waals surface area (Å²) in [6, 6.07) is 5.44. The fourth-order valence-electron chi connectivity index (χ4n) is 1.58. The first-order valence-electron chi connectivity index (χ1n) is 5.31. The van der Waals surface area contributed by atoms with Gasteiger partial charge in [-0.25, -0.2) is 0 Å². The second-order valence-corrected chi connectivity index (χ2v) is 5.38. The smallest absolute Gasteiger partial charge is 0.221 e. The third kappa shape index (κ3) is 3.53. The maximum Gasteiger partial charge on any atom is 0.221 e. The molecule has 0 saturated heterocycles. The average Bonchev–Trinajstić information content (AvgIpc) is 2.14. The molecule has 0 amide bonds. The lowest BCUT2D eigenvalue weighted by Crippen LogP contribution is -2.11. The van der Waals surface area contributed by atoms with Crippen molar-refractivity contribution in [1.29, 1.82) is 0 Å². The summed E-state index contributed by atoms with van der Waals surface area (Å²) in [6.45, 7) is 6.12. The lowest BCUT2D eigenvalue weighted by atomic mass is 9.85. The number of hydrogen-bond acceptors (Lipinski definition) is 2. The van der Waals surface area contributed by atoms with Gasteiger partial charge in [0.15, 0.2) is 0 Å². The van der Waals surface area contributed by atoms with Gasteiger partial charge in [-0.2, -0.15) is 0 Å². The summed E-state index contributed by atoms with van der Waals surface area (Å²) in [5.74, 6) is 0.299. The molecule has 0 radical (unpaired) electrons. The molecule has 3 heteroatoms. The Bertz CT molecular complexity index is 391. The first kappa shape index (κ1) is 13.0. The number of benzene rings is 1. The topological polar surface area (TPSA) is 37.3 Å². The number of aromatic hydroxyl groups is 1. The van der Waals surface area contributed by atoms with Gasteiger partial charge < -0.3 is 5.11 Å². The van der Waals surface area contributed by atoms with Crippen molar-refractivity contribution in [2.75, 3.05) is 0 Å². The van der Waals surface area contributed by atoms with E-state index in [2.05, 4.69) is 0 Å². The van der Waals surface area contributed by atoms with Crippen LogP contribution in [0.4, 0.5) is 0 Å². The second-order valence-electron chi connectivity index (χ2n) is 4.96. The summed E-state index contributed by atoms with van der Waals surface area (Å²) in [5.41, 5.74) is 1.81. The fraction of sp³-hybridized carbons (Fsp3) is 0.462. The Labute approximate surface area is 101 Å². The van der Waals surface area contributed by atoms with Crippen molar-refractivity contribution in [2.24, 2.45) is 0 Å². The van der Waals surface area contributed by atoms with E-state index in [0.717, 1.165) is 11.1 Å². The molecule has 88 valence electrons. The van der Waals surface area contributed by atoms with Crippen molar-refractivity contribution in [3.63, 3.8) is 0 Å². The molecule has 0 aromatic heterocycles. The van der Waals surface area contributed by atoms with Crippen LogP contribution in [0.5, 0.6) is 5.75 Å². The summed E-state index contributed by atoms with van der Waals surface area (Å²) in [5, 5.41) is 9.43. The summed E-state index contributed by atoms with van der Waals surface area (Å²) in [7, 11) is 0. The highest BCUT2D eigenvalue weighted by Crippen LogP contribution is 2.31. The van der Waals surface area contributed by atoms with E-state index in [1.54, 1.807) is 6.07 Å². The van der Waals surface area contributed by atoms with Crippen LogP contribution in [-0.4, -0.2) is 10.3 Å². The number of phenolic OH excluding ortho intramolecular Hbond substituents is 1. The van der Waals surface area contributed by atoms with Crippen LogP contribution in [0, 0.1) is 0 Å². The van der Waals surface area contributed by atoms with Gasteiger partial charge in [-0.15, -0.1) is 0 Å². The van der Waals surface area contributed by atoms with Crippen LogP contribution in [-0.2, 0) is 16.6 Å². The minimum absolute atomic E-state index is 0.106. The van der Waals surface area contributed by atoms with Crippen molar-refractivity contribution in [3.05, 3.63) is 29.3 Å². The van der Waals surface area contributed by atoms with Gasteiger partial charge in [-0.1, -0.05) is 32.9 Å². The highest BCUT2D eigenvalue weighted by atomic mass is 35.5. The predicted molar refractivity (Wildman–Crippen MR) is 66.0 cm³/mol. The standard InChI is InChI=1S/C13H17ClO2/c1-13(2,3)10-8-9(4-6-11(10)15)5-7-12(14)16/h4,6,8,15H,5,7H2,1-3H3. The monoisotopic (exact) mass is 240 g/mol. The Morgan fingerprint density at radius 3 is 2.50 bits per heavy atom. The zero-order valence-corrected chi connectivity index (χ0v) is 10.6. The van der Waals surface area contributed by atoms with E-state index in [1.807, 2.05) is 32.9 Å². The van der Waals surface area contributed by atoms with E-state index in [0.29, 0.717) is 18.6 Å². The molecule has 0 aliphatic rings. The Balaban J connectivity index is 2.94. The van der Waals surface area contributed by atoms with E-state index in [1.165, 1.54) is 0 Å². The van der Waals surface area contributed by atoms with Crippen molar-refractivity contribution in [2.45, 2.75) is 39.0 Å². The molecule has 1 rings (SSSR count). The quantitative estimate of drug-likeness (QED) is 0.823. The third-order valence-corrected chi connectivity index (χ3v) is 2.67. The molecule has 0 saturated carbocycles. The van der Waals surface area contributed by atoms with Crippen LogP contribution in [0.3, 0.4) is 0 Å². The first-order chi connectivity index (χ1) is 7.30. The Morgan fingerprint density at radius 1 is 1.38 bits per heavy atom. The van der Waals surface area contributed by atoms with Crippen LogP contribution in [0.25, 0.3) is 0 Å². The van der Waals surface area contributed by atoms with E-state index in [4.69, 9.17) is 11.6 Å². The number of rotatable bonds is 3. The highest BCUT2D eigenvalue weighted by Gasteiger charge is 2.18. The molecular weight excluding hydrogens is 224 g/mol. The molecule has 0 spiro atoms. The molecule has 1 aromatic carbocycles. The van der Waals surface area contributed by atoms with Gasteiger partial charge in [-0.3, -0.25) is 4.79 Å². The molecular formula is C13H17ClO2. The molecule has 0 unspecified atom stereocenters. The molecule has 16 heavy (non-hydrogen) atoms. The lowest BCUT2D eigenvalue weighted by Gasteiger charge is -2.21. The fourth-order valence-corrected chi connectivity index (χ4v) is 1.68. The van der Waals surface area contributed by atoms with Crippen molar-refractivity contribution in [1.82, 2.24) is 0 Å². The van der Waals surface area contributed by atoms with Crippen LogP contribution in [0.15, 0.2) is 18.2 Å².